The highest BCUT2D eigenvalue weighted by Gasteiger charge is 2.33. The van der Waals surface area contributed by atoms with Crippen LogP contribution >= 0.6 is 0 Å². The van der Waals surface area contributed by atoms with Crippen molar-refractivity contribution in [1.29, 1.82) is 0 Å². The Bertz CT molecular complexity index is 696. The molecule has 0 unspecified atom stereocenters. The van der Waals surface area contributed by atoms with Crippen molar-refractivity contribution in [2.45, 2.75) is 38.6 Å². The lowest BCUT2D eigenvalue weighted by molar-refractivity contribution is -0.132. The molecule has 0 saturated carbocycles. The number of piperidine rings is 1. The monoisotopic (exact) mass is 312 g/mol. The molecule has 3 heterocycles. The zero-order valence-corrected chi connectivity index (χ0v) is 13.3. The SMILES string of the molecule is CC(=O)N1CCC[C@H](c2nnc(/C=C/c3ccncc3)o2)[C@@H]1C. The number of carbonyl (C=O) groups excluding carboxylic acids is 1. The Hall–Kier alpha value is -2.50. The minimum atomic E-state index is 0.0822. The van der Waals surface area contributed by atoms with Gasteiger partial charge in [0.05, 0.1) is 5.92 Å². The van der Waals surface area contributed by atoms with Gasteiger partial charge >= 0.3 is 0 Å². The summed E-state index contributed by atoms with van der Waals surface area (Å²) in [5, 5.41) is 8.27. The van der Waals surface area contributed by atoms with Crippen LogP contribution in [-0.2, 0) is 4.79 Å². The second-order valence-electron chi connectivity index (χ2n) is 5.79. The molecule has 2 aromatic rings. The number of amides is 1. The van der Waals surface area contributed by atoms with Crippen molar-refractivity contribution in [3.05, 3.63) is 41.9 Å². The van der Waals surface area contributed by atoms with Crippen LogP contribution in [0.1, 0.15) is 50.0 Å². The van der Waals surface area contributed by atoms with Crippen LogP contribution in [-0.4, -0.2) is 38.6 Å². The van der Waals surface area contributed by atoms with E-state index in [0.29, 0.717) is 11.8 Å². The molecule has 1 aliphatic rings. The van der Waals surface area contributed by atoms with Crippen LogP contribution in [0.5, 0.6) is 0 Å². The van der Waals surface area contributed by atoms with Gasteiger partial charge in [-0.25, -0.2) is 0 Å². The van der Waals surface area contributed by atoms with E-state index in [1.54, 1.807) is 25.4 Å². The maximum atomic E-state index is 11.7. The first-order chi connectivity index (χ1) is 11.1. The smallest absolute Gasteiger partial charge is 0.240 e. The Morgan fingerprint density at radius 2 is 2.09 bits per heavy atom. The minimum Gasteiger partial charge on any atom is -0.421 e. The third-order valence-corrected chi connectivity index (χ3v) is 4.29. The molecule has 6 heteroatoms. The van der Waals surface area contributed by atoms with E-state index in [1.807, 2.05) is 30.0 Å². The molecule has 2 aromatic heterocycles. The first-order valence-electron chi connectivity index (χ1n) is 7.84. The van der Waals surface area contributed by atoms with Crippen LogP contribution in [0, 0.1) is 0 Å². The number of hydrogen-bond acceptors (Lipinski definition) is 5. The Balaban J connectivity index is 1.74. The van der Waals surface area contributed by atoms with Crippen molar-refractivity contribution in [3.63, 3.8) is 0 Å². The number of rotatable bonds is 3. The molecule has 1 amide bonds. The number of nitrogens with zero attached hydrogens (tertiary/aromatic N) is 4. The van der Waals surface area contributed by atoms with Gasteiger partial charge in [0.2, 0.25) is 17.7 Å². The minimum absolute atomic E-state index is 0.0822. The van der Waals surface area contributed by atoms with Crippen molar-refractivity contribution in [2.75, 3.05) is 6.54 Å². The molecule has 120 valence electrons. The van der Waals surface area contributed by atoms with E-state index in [1.165, 1.54) is 0 Å². The van der Waals surface area contributed by atoms with Gasteiger partial charge in [-0.3, -0.25) is 9.78 Å². The molecule has 0 aromatic carbocycles. The fourth-order valence-electron chi connectivity index (χ4n) is 3.02. The van der Waals surface area contributed by atoms with Gasteiger partial charge in [-0.15, -0.1) is 10.2 Å². The van der Waals surface area contributed by atoms with Gasteiger partial charge in [-0.05, 0) is 43.5 Å². The molecule has 0 spiro atoms. The molecule has 2 atom stereocenters. The van der Waals surface area contributed by atoms with Gasteiger partial charge < -0.3 is 9.32 Å². The fourth-order valence-corrected chi connectivity index (χ4v) is 3.02. The van der Waals surface area contributed by atoms with Crippen molar-refractivity contribution in [2.24, 2.45) is 0 Å². The number of carbonyl (C=O) groups is 1. The first-order valence-corrected chi connectivity index (χ1v) is 7.84. The van der Waals surface area contributed by atoms with Crippen molar-refractivity contribution >= 4 is 18.1 Å². The van der Waals surface area contributed by atoms with E-state index in [0.717, 1.165) is 24.9 Å². The molecular weight excluding hydrogens is 292 g/mol. The molecule has 1 fully saturated rings. The summed E-state index contributed by atoms with van der Waals surface area (Å²) in [5.41, 5.74) is 1.02. The van der Waals surface area contributed by atoms with Crippen LogP contribution in [0.4, 0.5) is 0 Å². The summed E-state index contributed by atoms with van der Waals surface area (Å²) in [4.78, 5) is 17.6. The van der Waals surface area contributed by atoms with Crippen LogP contribution in [0.3, 0.4) is 0 Å². The quantitative estimate of drug-likeness (QED) is 0.871. The normalized spacial score (nSPS) is 21.7. The molecule has 3 rings (SSSR count). The summed E-state index contributed by atoms with van der Waals surface area (Å²) in [6.07, 6.45) is 9.09. The van der Waals surface area contributed by atoms with Gasteiger partial charge in [0.1, 0.15) is 0 Å². The molecule has 1 saturated heterocycles. The first kappa shape index (κ1) is 15.4. The Labute approximate surface area is 135 Å². The topological polar surface area (TPSA) is 72.1 Å². The molecule has 0 N–H and O–H groups in total. The molecule has 0 aliphatic carbocycles. The summed E-state index contributed by atoms with van der Waals surface area (Å²) in [7, 11) is 0. The molecule has 1 aliphatic heterocycles. The summed E-state index contributed by atoms with van der Waals surface area (Å²) < 4.78 is 5.78. The zero-order chi connectivity index (χ0) is 16.2. The largest absolute Gasteiger partial charge is 0.421 e. The van der Waals surface area contributed by atoms with Gasteiger partial charge in [-0.2, -0.15) is 0 Å². The third kappa shape index (κ3) is 3.47. The standard InChI is InChI=1S/C17H20N4O2/c1-12-15(4-3-11-21(12)13(2)22)17-20-19-16(23-17)6-5-14-7-9-18-10-8-14/h5-10,12,15H,3-4,11H2,1-2H3/b6-5+/t12-,15-/m0/s1. The number of hydrogen-bond donors (Lipinski definition) is 0. The van der Waals surface area contributed by atoms with Gasteiger partial charge in [-0.1, -0.05) is 0 Å². The number of pyridine rings is 1. The average Bonchev–Trinajstić information content (AvgIpc) is 3.02. The molecule has 23 heavy (non-hydrogen) atoms. The molecule has 0 bridgehead atoms. The second-order valence-corrected chi connectivity index (χ2v) is 5.79. The van der Waals surface area contributed by atoms with Crippen molar-refractivity contribution in [1.82, 2.24) is 20.1 Å². The van der Waals surface area contributed by atoms with Crippen molar-refractivity contribution in [3.8, 4) is 0 Å². The fraction of sp³-hybridized carbons (Fsp3) is 0.412. The lowest BCUT2D eigenvalue weighted by atomic mass is 9.90. The van der Waals surface area contributed by atoms with Gasteiger partial charge in [0.15, 0.2) is 0 Å². The predicted molar refractivity (Wildman–Crippen MR) is 86.3 cm³/mol. The lowest BCUT2D eigenvalue weighted by Gasteiger charge is -2.37. The highest BCUT2D eigenvalue weighted by molar-refractivity contribution is 5.73. The van der Waals surface area contributed by atoms with E-state index in [-0.39, 0.29) is 17.9 Å². The molecule has 0 radical (unpaired) electrons. The number of aromatic nitrogens is 3. The summed E-state index contributed by atoms with van der Waals surface area (Å²) >= 11 is 0. The summed E-state index contributed by atoms with van der Waals surface area (Å²) in [5.74, 6) is 1.28. The molecule has 6 nitrogen and oxygen atoms in total. The maximum Gasteiger partial charge on any atom is 0.240 e. The van der Waals surface area contributed by atoms with E-state index in [9.17, 15) is 4.79 Å². The summed E-state index contributed by atoms with van der Waals surface area (Å²) in [6.45, 7) is 4.45. The Kier molecular flexibility index (Phi) is 4.50. The van der Waals surface area contributed by atoms with Crippen molar-refractivity contribution < 1.29 is 9.21 Å². The van der Waals surface area contributed by atoms with Gasteiger partial charge in [0, 0.05) is 38.0 Å². The van der Waals surface area contributed by atoms with E-state index in [2.05, 4.69) is 15.2 Å². The predicted octanol–water partition coefficient (Wildman–Crippen LogP) is 2.75. The van der Waals surface area contributed by atoms with Crippen LogP contribution in [0.15, 0.2) is 28.9 Å². The average molecular weight is 312 g/mol. The third-order valence-electron chi connectivity index (χ3n) is 4.29. The van der Waals surface area contributed by atoms with E-state index in [4.69, 9.17) is 4.42 Å². The lowest BCUT2D eigenvalue weighted by Crippen LogP contribution is -2.44. The van der Waals surface area contributed by atoms with Gasteiger partial charge in [0.25, 0.3) is 0 Å². The molecular formula is C17H20N4O2. The highest BCUT2D eigenvalue weighted by atomic mass is 16.4. The summed E-state index contributed by atoms with van der Waals surface area (Å²) in [6, 6.07) is 3.89. The Morgan fingerprint density at radius 3 is 2.83 bits per heavy atom. The zero-order valence-electron chi connectivity index (χ0n) is 13.3. The maximum absolute atomic E-state index is 11.7. The van der Waals surface area contributed by atoms with Crippen LogP contribution in [0.2, 0.25) is 0 Å². The number of likely N-dealkylation sites (tertiary alicyclic amines) is 1. The van der Waals surface area contributed by atoms with Crippen LogP contribution < -0.4 is 0 Å². The highest BCUT2D eigenvalue weighted by Crippen LogP contribution is 2.31. The Morgan fingerprint density at radius 1 is 1.30 bits per heavy atom. The van der Waals surface area contributed by atoms with E-state index < -0.39 is 0 Å². The second kappa shape index (κ2) is 6.73. The van der Waals surface area contributed by atoms with E-state index >= 15 is 0 Å². The van der Waals surface area contributed by atoms with Crippen LogP contribution in [0.25, 0.3) is 12.2 Å².